The molecule has 8 heteroatoms. The number of hydrogen-bond donors (Lipinski definition) is 0. The van der Waals surface area contributed by atoms with E-state index >= 15 is 0 Å². The van der Waals surface area contributed by atoms with Crippen LogP contribution in [-0.2, 0) is 38.1 Å². The van der Waals surface area contributed by atoms with Gasteiger partial charge in [0.1, 0.15) is 13.2 Å². The zero-order valence-electron chi connectivity index (χ0n) is 14.6. The minimum Gasteiger partial charge on any atom is -0.465 e. The van der Waals surface area contributed by atoms with E-state index in [1.54, 1.807) is 13.8 Å². The molecule has 0 N–H and O–H groups in total. The van der Waals surface area contributed by atoms with E-state index in [1.807, 2.05) is 0 Å². The monoisotopic (exact) mass is 356 g/mol. The maximum atomic E-state index is 11.5. The summed E-state index contributed by atoms with van der Waals surface area (Å²) in [6.07, 6.45) is 1.84. The normalized spacial score (nSPS) is 10.3. The van der Waals surface area contributed by atoms with E-state index in [0.29, 0.717) is 0 Å². The molecular formula is C17H24O8. The maximum absolute atomic E-state index is 11.5. The highest BCUT2D eigenvalue weighted by molar-refractivity contribution is 5.81. The molecule has 0 amide bonds. The molecule has 0 aliphatic heterocycles. The summed E-state index contributed by atoms with van der Waals surface area (Å²) in [5, 5.41) is 0. The van der Waals surface area contributed by atoms with Crippen LogP contribution in [0.4, 0.5) is 0 Å². The summed E-state index contributed by atoms with van der Waals surface area (Å²) in [7, 11) is 0. The van der Waals surface area contributed by atoms with Gasteiger partial charge in [-0.05, 0) is 0 Å². The van der Waals surface area contributed by atoms with Crippen LogP contribution in [0.5, 0.6) is 0 Å². The fourth-order valence-corrected chi connectivity index (χ4v) is 1.33. The summed E-state index contributed by atoms with van der Waals surface area (Å²) in [4.78, 5) is 44.7. The molecule has 0 heterocycles. The lowest BCUT2D eigenvalue weighted by Gasteiger charge is -2.23. The molecule has 25 heavy (non-hydrogen) atoms. The summed E-state index contributed by atoms with van der Waals surface area (Å²) in [5.74, 6) is -2.29. The maximum Gasteiger partial charge on any atom is 0.330 e. The van der Waals surface area contributed by atoms with Crippen molar-refractivity contribution in [3.05, 3.63) is 25.3 Å². The van der Waals surface area contributed by atoms with Crippen LogP contribution in [0.15, 0.2) is 25.3 Å². The second-order valence-corrected chi connectivity index (χ2v) is 5.73. The lowest BCUT2D eigenvalue weighted by atomic mass is 9.96. The Bertz CT molecular complexity index is 463. The Balaban J connectivity index is 3.95. The largest absolute Gasteiger partial charge is 0.465 e. The van der Waals surface area contributed by atoms with Crippen LogP contribution >= 0.6 is 0 Å². The van der Waals surface area contributed by atoms with E-state index in [4.69, 9.17) is 9.47 Å². The molecule has 8 nitrogen and oxygen atoms in total. The number of hydrogen-bond acceptors (Lipinski definition) is 8. The van der Waals surface area contributed by atoms with Gasteiger partial charge in [-0.3, -0.25) is 9.59 Å². The average Bonchev–Trinajstić information content (AvgIpc) is 2.58. The first-order valence-corrected chi connectivity index (χ1v) is 7.60. The first-order chi connectivity index (χ1) is 11.7. The van der Waals surface area contributed by atoms with E-state index in [2.05, 4.69) is 22.6 Å². The second kappa shape index (κ2) is 11.8. The SMILES string of the molecule is C=CC(=O)OCCC(=O)OCC(C)(C)COC(=O)CCOC(=O)C=C. The summed E-state index contributed by atoms with van der Waals surface area (Å²) in [6, 6.07) is 0. The molecule has 0 bridgehead atoms. The van der Waals surface area contributed by atoms with Crippen molar-refractivity contribution in [1.82, 2.24) is 0 Å². The lowest BCUT2D eigenvalue weighted by Crippen LogP contribution is -2.29. The molecular weight excluding hydrogens is 332 g/mol. The van der Waals surface area contributed by atoms with Crippen molar-refractivity contribution in [2.45, 2.75) is 26.7 Å². The van der Waals surface area contributed by atoms with E-state index < -0.39 is 29.3 Å². The van der Waals surface area contributed by atoms with Crippen LogP contribution in [-0.4, -0.2) is 50.3 Å². The zero-order valence-corrected chi connectivity index (χ0v) is 14.6. The summed E-state index contributed by atoms with van der Waals surface area (Å²) < 4.78 is 19.4. The van der Waals surface area contributed by atoms with Gasteiger partial charge in [0, 0.05) is 17.6 Å². The van der Waals surface area contributed by atoms with Gasteiger partial charge in [0.25, 0.3) is 0 Å². The first kappa shape index (κ1) is 22.4. The van der Waals surface area contributed by atoms with E-state index in [0.717, 1.165) is 12.2 Å². The van der Waals surface area contributed by atoms with Crippen molar-refractivity contribution in [2.24, 2.45) is 5.41 Å². The van der Waals surface area contributed by atoms with Crippen LogP contribution in [0, 0.1) is 5.41 Å². The first-order valence-electron chi connectivity index (χ1n) is 7.60. The number of ether oxygens (including phenoxy) is 4. The van der Waals surface area contributed by atoms with Crippen LogP contribution in [0.2, 0.25) is 0 Å². The molecule has 0 aliphatic rings. The summed E-state index contributed by atoms with van der Waals surface area (Å²) >= 11 is 0. The van der Waals surface area contributed by atoms with Crippen molar-refractivity contribution in [3.8, 4) is 0 Å². The smallest absolute Gasteiger partial charge is 0.330 e. The highest BCUT2D eigenvalue weighted by atomic mass is 16.6. The molecule has 0 aliphatic carbocycles. The van der Waals surface area contributed by atoms with Crippen molar-refractivity contribution in [3.63, 3.8) is 0 Å². The van der Waals surface area contributed by atoms with Crippen LogP contribution in [0.1, 0.15) is 26.7 Å². The third-order valence-corrected chi connectivity index (χ3v) is 2.68. The number of esters is 4. The Hall–Kier alpha value is -2.64. The number of carbonyl (C=O) groups is 4. The van der Waals surface area contributed by atoms with E-state index in [9.17, 15) is 19.2 Å². The fourth-order valence-electron chi connectivity index (χ4n) is 1.33. The molecule has 0 atom stereocenters. The van der Waals surface area contributed by atoms with Crippen molar-refractivity contribution < 1.29 is 38.1 Å². The van der Waals surface area contributed by atoms with Gasteiger partial charge in [-0.2, -0.15) is 0 Å². The van der Waals surface area contributed by atoms with Gasteiger partial charge in [0.05, 0.1) is 26.1 Å². The molecule has 0 saturated heterocycles. The second-order valence-electron chi connectivity index (χ2n) is 5.73. The zero-order chi connectivity index (χ0) is 19.3. The van der Waals surface area contributed by atoms with Crippen molar-refractivity contribution in [2.75, 3.05) is 26.4 Å². The van der Waals surface area contributed by atoms with Gasteiger partial charge in [0.2, 0.25) is 0 Å². The third kappa shape index (κ3) is 12.4. The molecule has 0 aromatic rings. The van der Waals surface area contributed by atoms with Gasteiger partial charge in [-0.25, -0.2) is 9.59 Å². The van der Waals surface area contributed by atoms with Gasteiger partial charge < -0.3 is 18.9 Å². The molecule has 0 unspecified atom stereocenters. The molecule has 0 rings (SSSR count). The van der Waals surface area contributed by atoms with E-state index in [1.165, 1.54) is 0 Å². The Morgan fingerprint density at radius 1 is 0.760 bits per heavy atom. The van der Waals surface area contributed by atoms with Crippen molar-refractivity contribution >= 4 is 23.9 Å². The Morgan fingerprint density at radius 2 is 1.12 bits per heavy atom. The topological polar surface area (TPSA) is 105 Å². The molecule has 0 aromatic heterocycles. The fraction of sp³-hybridized carbons (Fsp3) is 0.529. The number of carbonyl (C=O) groups excluding carboxylic acids is 4. The molecule has 0 spiro atoms. The van der Waals surface area contributed by atoms with E-state index in [-0.39, 0.29) is 39.3 Å². The molecule has 0 radical (unpaired) electrons. The molecule has 0 aromatic carbocycles. The minimum absolute atomic E-state index is 0.0277. The number of rotatable bonds is 12. The predicted octanol–water partition coefficient (Wildman–Crippen LogP) is 1.34. The lowest BCUT2D eigenvalue weighted by molar-refractivity contribution is -0.154. The average molecular weight is 356 g/mol. The highest BCUT2D eigenvalue weighted by Gasteiger charge is 2.23. The van der Waals surface area contributed by atoms with Crippen LogP contribution in [0.3, 0.4) is 0 Å². The summed E-state index contributed by atoms with van der Waals surface area (Å²) in [5.41, 5.74) is -0.596. The highest BCUT2D eigenvalue weighted by Crippen LogP contribution is 2.16. The predicted molar refractivity (Wildman–Crippen MR) is 87.2 cm³/mol. The van der Waals surface area contributed by atoms with Gasteiger partial charge >= 0.3 is 23.9 Å². The molecule has 0 saturated carbocycles. The summed E-state index contributed by atoms with van der Waals surface area (Å²) in [6.45, 7) is 9.84. The van der Waals surface area contributed by atoms with Crippen molar-refractivity contribution in [1.29, 1.82) is 0 Å². The third-order valence-electron chi connectivity index (χ3n) is 2.68. The molecule has 0 fully saturated rings. The van der Waals surface area contributed by atoms with Gasteiger partial charge in [-0.1, -0.05) is 27.0 Å². The van der Waals surface area contributed by atoms with Crippen LogP contribution < -0.4 is 0 Å². The Morgan fingerprint density at radius 3 is 1.44 bits per heavy atom. The Kier molecular flexibility index (Phi) is 10.6. The standard InChI is InChI=1S/C17H24O8/c1-5-13(18)22-9-7-15(20)24-11-17(3,4)12-25-16(21)8-10-23-14(19)6-2/h5-6H,1-2,7-12H2,3-4H3. The van der Waals surface area contributed by atoms with Gasteiger partial charge in [-0.15, -0.1) is 0 Å². The Labute approximate surface area is 146 Å². The molecule has 140 valence electrons. The van der Waals surface area contributed by atoms with Crippen LogP contribution in [0.25, 0.3) is 0 Å². The minimum atomic E-state index is -0.612. The van der Waals surface area contributed by atoms with Gasteiger partial charge in [0.15, 0.2) is 0 Å². The quantitative estimate of drug-likeness (QED) is 0.293.